The van der Waals surface area contributed by atoms with E-state index >= 15 is 0 Å². The lowest BCUT2D eigenvalue weighted by Crippen LogP contribution is -2.40. The predicted octanol–water partition coefficient (Wildman–Crippen LogP) is -0.453. The Labute approximate surface area is 129 Å². The fraction of sp³-hybridized carbons (Fsp3) is 0.643. The van der Waals surface area contributed by atoms with E-state index in [0.717, 1.165) is 31.4 Å². The van der Waals surface area contributed by atoms with Gasteiger partial charge in [-0.15, -0.1) is 0 Å². The minimum Gasteiger partial charge on any atom is -0.470 e. The van der Waals surface area contributed by atoms with Gasteiger partial charge < -0.3 is 26.4 Å². The molecule has 2 aliphatic heterocycles. The van der Waals surface area contributed by atoms with E-state index < -0.39 is 0 Å². The molecule has 0 aromatic carbocycles. The number of carbonyl (C=O) groups excluding carboxylic acids is 1. The zero-order valence-corrected chi connectivity index (χ0v) is 12.8. The number of nitrogens with two attached hydrogens (primary N) is 2. The lowest BCUT2D eigenvalue weighted by atomic mass is 9.90. The van der Waals surface area contributed by atoms with Crippen molar-refractivity contribution in [2.24, 2.45) is 0 Å². The summed E-state index contributed by atoms with van der Waals surface area (Å²) < 4.78 is 6.10. The Morgan fingerprint density at radius 1 is 1.36 bits per heavy atom. The van der Waals surface area contributed by atoms with Gasteiger partial charge >= 0.3 is 0 Å². The maximum Gasteiger partial charge on any atom is 0.236 e. The Hall–Kier alpha value is -2.09. The largest absolute Gasteiger partial charge is 0.470 e. The number of ether oxygens (including phenoxy) is 1. The summed E-state index contributed by atoms with van der Waals surface area (Å²) >= 11 is 0. The van der Waals surface area contributed by atoms with Crippen molar-refractivity contribution < 1.29 is 9.53 Å². The molecule has 1 aromatic heterocycles. The quantitative estimate of drug-likeness (QED) is 0.676. The number of carbonyl (C=O) groups is 1. The number of fused-ring (bicyclic) bond motifs is 1. The van der Waals surface area contributed by atoms with E-state index in [4.69, 9.17) is 16.2 Å². The Bertz CT molecular complexity index is 593. The lowest BCUT2D eigenvalue weighted by molar-refractivity contribution is -0.130. The first kappa shape index (κ1) is 14.8. The number of nitrogen functional groups attached to an aromatic ring is 2. The van der Waals surface area contributed by atoms with Gasteiger partial charge in [0.2, 0.25) is 17.7 Å². The zero-order valence-electron chi connectivity index (χ0n) is 12.8. The van der Waals surface area contributed by atoms with Crippen molar-refractivity contribution in [2.75, 3.05) is 38.1 Å². The van der Waals surface area contributed by atoms with E-state index in [9.17, 15) is 4.79 Å². The van der Waals surface area contributed by atoms with Crippen LogP contribution in [0.5, 0.6) is 5.88 Å². The molecule has 3 heterocycles. The highest BCUT2D eigenvalue weighted by Crippen LogP contribution is 2.42. The minimum absolute atomic E-state index is 0.124. The number of amides is 1. The van der Waals surface area contributed by atoms with Crippen LogP contribution in [0, 0.1) is 0 Å². The number of likely N-dealkylation sites (N-methyl/N-ethyl adjacent to an activating group) is 1. The fourth-order valence-electron chi connectivity index (χ4n) is 3.27. The van der Waals surface area contributed by atoms with E-state index in [-0.39, 0.29) is 17.5 Å². The molecule has 8 heteroatoms. The third kappa shape index (κ3) is 2.66. The molecule has 1 fully saturated rings. The molecule has 0 radical (unpaired) electrons. The van der Waals surface area contributed by atoms with Crippen LogP contribution in [0.15, 0.2) is 0 Å². The van der Waals surface area contributed by atoms with Crippen LogP contribution in [0.2, 0.25) is 0 Å². The number of likely N-dealkylation sites (tertiary alicyclic amines) is 1. The first-order valence-electron chi connectivity index (χ1n) is 7.56. The second-order valence-electron chi connectivity index (χ2n) is 5.98. The van der Waals surface area contributed by atoms with Crippen LogP contribution in [0.3, 0.4) is 0 Å². The Morgan fingerprint density at radius 2 is 2.18 bits per heavy atom. The normalized spacial score (nSPS) is 24.0. The number of nitrogens with one attached hydrogen (secondary N) is 1. The number of aromatic nitrogens is 2. The third-order valence-corrected chi connectivity index (χ3v) is 4.41. The Morgan fingerprint density at radius 3 is 2.95 bits per heavy atom. The molecular weight excluding hydrogens is 284 g/mol. The molecule has 0 bridgehead atoms. The Balaban J connectivity index is 1.74. The number of hydrogen-bond acceptors (Lipinski definition) is 7. The molecule has 2 aliphatic rings. The van der Waals surface area contributed by atoms with Gasteiger partial charge in [0.05, 0.1) is 12.1 Å². The van der Waals surface area contributed by atoms with E-state index in [2.05, 4.69) is 15.3 Å². The number of rotatable bonds is 2. The average molecular weight is 306 g/mol. The van der Waals surface area contributed by atoms with Crippen LogP contribution >= 0.6 is 0 Å². The Kier molecular flexibility index (Phi) is 3.78. The topological polar surface area (TPSA) is 119 Å². The van der Waals surface area contributed by atoms with Crippen LogP contribution < -0.4 is 21.5 Å². The first-order chi connectivity index (χ1) is 10.5. The van der Waals surface area contributed by atoms with Gasteiger partial charge in [0.1, 0.15) is 11.4 Å². The minimum atomic E-state index is -0.340. The van der Waals surface area contributed by atoms with Crippen molar-refractivity contribution in [3.05, 3.63) is 5.56 Å². The average Bonchev–Trinajstić information content (AvgIpc) is 2.68. The van der Waals surface area contributed by atoms with Gasteiger partial charge in [-0.1, -0.05) is 0 Å². The summed E-state index contributed by atoms with van der Waals surface area (Å²) in [5.74, 6) is 1.15. The van der Waals surface area contributed by atoms with Crippen molar-refractivity contribution in [2.45, 2.75) is 31.3 Å². The zero-order chi connectivity index (χ0) is 15.7. The number of nitrogens with zero attached hydrogens (tertiary/aromatic N) is 3. The highest BCUT2D eigenvalue weighted by molar-refractivity contribution is 5.78. The lowest BCUT2D eigenvalue weighted by Gasteiger charge is -2.27. The van der Waals surface area contributed by atoms with Crippen LogP contribution in [0.1, 0.15) is 24.8 Å². The van der Waals surface area contributed by atoms with Crippen molar-refractivity contribution in [1.82, 2.24) is 20.2 Å². The summed E-state index contributed by atoms with van der Waals surface area (Å²) in [5, 5.41) is 2.90. The van der Waals surface area contributed by atoms with Gasteiger partial charge in [-0.3, -0.25) is 4.79 Å². The number of hydrogen-bond donors (Lipinski definition) is 3. The third-order valence-electron chi connectivity index (χ3n) is 4.41. The van der Waals surface area contributed by atoms with Gasteiger partial charge in [0.15, 0.2) is 0 Å². The van der Waals surface area contributed by atoms with Crippen LogP contribution in [-0.4, -0.2) is 53.1 Å². The summed E-state index contributed by atoms with van der Waals surface area (Å²) in [5.41, 5.74) is 12.1. The second-order valence-corrected chi connectivity index (χ2v) is 5.98. The molecule has 120 valence electrons. The highest BCUT2D eigenvalue weighted by Gasteiger charge is 2.43. The summed E-state index contributed by atoms with van der Waals surface area (Å²) in [4.78, 5) is 22.1. The maximum atomic E-state index is 12.0. The van der Waals surface area contributed by atoms with Crippen molar-refractivity contribution in [1.29, 1.82) is 0 Å². The monoisotopic (exact) mass is 306 g/mol. The smallest absolute Gasteiger partial charge is 0.236 e. The van der Waals surface area contributed by atoms with Crippen LogP contribution in [-0.2, 0) is 11.2 Å². The molecule has 1 atom stereocenters. The van der Waals surface area contributed by atoms with Gasteiger partial charge in [-0.25, -0.2) is 0 Å². The molecule has 0 saturated carbocycles. The molecule has 1 amide bonds. The fourth-order valence-corrected chi connectivity index (χ4v) is 3.27. The second kappa shape index (κ2) is 5.60. The van der Waals surface area contributed by atoms with Gasteiger partial charge in [-0.2, -0.15) is 9.97 Å². The summed E-state index contributed by atoms with van der Waals surface area (Å²) in [6.07, 6.45) is 3.21. The van der Waals surface area contributed by atoms with E-state index in [1.54, 1.807) is 7.05 Å². The van der Waals surface area contributed by atoms with Crippen molar-refractivity contribution in [3.8, 4) is 5.88 Å². The molecule has 0 aliphatic carbocycles. The summed E-state index contributed by atoms with van der Waals surface area (Å²) in [7, 11) is 1.78. The van der Waals surface area contributed by atoms with Crippen LogP contribution in [0.25, 0.3) is 0 Å². The van der Waals surface area contributed by atoms with E-state index in [0.29, 0.717) is 31.2 Å². The van der Waals surface area contributed by atoms with Gasteiger partial charge in [-0.05, 0) is 19.9 Å². The summed E-state index contributed by atoms with van der Waals surface area (Å²) in [6, 6.07) is 0. The molecule has 3 rings (SSSR count). The molecule has 1 spiro atoms. The van der Waals surface area contributed by atoms with Crippen LogP contribution in [0.4, 0.5) is 11.8 Å². The molecule has 1 aromatic rings. The predicted molar refractivity (Wildman–Crippen MR) is 82.3 cm³/mol. The summed E-state index contributed by atoms with van der Waals surface area (Å²) in [6.45, 7) is 1.80. The molecule has 8 nitrogen and oxygen atoms in total. The SMILES string of the molecule is CNCC(=O)N1CCC[C@@]2(CC1)Cc1c(N)nc(N)nc1O2. The standard InChI is InChI=1S/C14H22N6O2/c1-17-8-10(21)20-5-2-3-14(4-6-20)7-9-11(15)18-13(16)19-12(9)22-14/h17H,2-8H2,1H3,(H4,15,16,18,19)/t14-/m1/s1. The molecular formula is C14H22N6O2. The van der Waals surface area contributed by atoms with E-state index in [1.807, 2.05) is 4.90 Å². The number of anilines is 2. The van der Waals surface area contributed by atoms with Gasteiger partial charge in [0, 0.05) is 25.9 Å². The maximum absolute atomic E-state index is 12.0. The van der Waals surface area contributed by atoms with Crippen molar-refractivity contribution >= 4 is 17.7 Å². The molecule has 1 saturated heterocycles. The van der Waals surface area contributed by atoms with Gasteiger partial charge in [0.25, 0.3) is 0 Å². The van der Waals surface area contributed by atoms with E-state index in [1.165, 1.54) is 0 Å². The van der Waals surface area contributed by atoms with Crippen molar-refractivity contribution in [3.63, 3.8) is 0 Å². The molecule has 0 unspecified atom stereocenters. The highest BCUT2D eigenvalue weighted by atomic mass is 16.5. The first-order valence-corrected chi connectivity index (χ1v) is 7.56. The molecule has 5 N–H and O–H groups in total. The molecule has 22 heavy (non-hydrogen) atoms.